The van der Waals surface area contributed by atoms with Crippen molar-refractivity contribution >= 4 is 34.7 Å². The van der Waals surface area contributed by atoms with Gasteiger partial charge >= 0.3 is 0 Å². The SMILES string of the molecule is CCNc1ccc(Cl)c(C(=O)NCc2cscn2)n1. The van der Waals surface area contributed by atoms with Crippen molar-refractivity contribution in [1.29, 1.82) is 0 Å². The lowest BCUT2D eigenvalue weighted by Gasteiger charge is -2.07. The standard InChI is InChI=1S/C12H13ClN4OS/c1-2-14-10-4-3-9(13)11(17-10)12(18)15-5-8-6-19-7-16-8/h3-4,6-7H,2,5H2,1H3,(H,14,17)(H,15,18). The van der Waals surface area contributed by atoms with E-state index in [4.69, 9.17) is 11.6 Å². The molecule has 2 rings (SSSR count). The molecule has 19 heavy (non-hydrogen) atoms. The summed E-state index contributed by atoms with van der Waals surface area (Å²) in [4.78, 5) is 20.3. The molecule has 0 saturated heterocycles. The molecule has 0 aliphatic carbocycles. The van der Waals surface area contributed by atoms with E-state index in [1.54, 1.807) is 17.6 Å². The Morgan fingerprint density at radius 1 is 1.47 bits per heavy atom. The summed E-state index contributed by atoms with van der Waals surface area (Å²) in [5.74, 6) is 0.323. The van der Waals surface area contributed by atoms with Crippen LogP contribution in [0.4, 0.5) is 5.82 Å². The summed E-state index contributed by atoms with van der Waals surface area (Å²) >= 11 is 7.47. The van der Waals surface area contributed by atoms with E-state index in [0.29, 0.717) is 17.4 Å². The van der Waals surface area contributed by atoms with Gasteiger partial charge in [-0.05, 0) is 19.1 Å². The summed E-state index contributed by atoms with van der Waals surface area (Å²) in [5, 5.41) is 7.99. The molecule has 0 atom stereocenters. The van der Waals surface area contributed by atoms with Gasteiger partial charge in [0.1, 0.15) is 11.5 Å². The first-order chi connectivity index (χ1) is 9.20. The van der Waals surface area contributed by atoms with Gasteiger partial charge in [-0.15, -0.1) is 11.3 Å². The molecular formula is C12H13ClN4OS. The van der Waals surface area contributed by atoms with Crippen molar-refractivity contribution in [3.63, 3.8) is 0 Å². The van der Waals surface area contributed by atoms with Crippen LogP contribution in [0.1, 0.15) is 23.1 Å². The molecule has 0 aromatic carbocycles. The number of pyridine rings is 1. The molecule has 2 heterocycles. The fourth-order valence-corrected chi connectivity index (χ4v) is 2.21. The lowest BCUT2D eigenvalue weighted by atomic mass is 10.3. The third-order valence-electron chi connectivity index (χ3n) is 2.33. The molecule has 0 aliphatic rings. The maximum absolute atomic E-state index is 12.0. The summed E-state index contributed by atoms with van der Waals surface area (Å²) in [5.41, 5.74) is 2.76. The molecule has 0 saturated carbocycles. The number of nitrogens with zero attached hydrogens (tertiary/aromatic N) is 2. The first kappa shape index (κ1) is 13.8. The Hall–Kier alpha value is -1.66. The maximum atomic E-state index is 12.0. The lowest BCUT2D eigenvalue weighted by Crippen LogP contribution is -2.24. The highest BCUT2D eigenvalue weighted by atomic mass is 35.5. The van der Waals surface area contributed by atoms with Crippen LogP contribution in [0.25, 0.3) is 0 Å². The Morgan fingerprint density at radius 2 is 2.32 bits per heavy atom. The van der Waals surface area contributed by atoms with Crippen LogP contribution in [0.15, 0.2) is 23.0 Å². The van der Waals surface area contributed by atoms with Gasteiger partial charge in [0.05, 0.1) is 22.8 Å². The lowest BCUT2D eigenvalue weighted by molar-refractivity contribution is 0.0946. The van der Waals surface area contributed by atoms with Crippen molar-refractivity contribution in [2.45, 2.75) is 13.5 Å². The normalized spacial score (nSPS) is 10.2. The topological polar surface area (TPSA) is 66.9 Å². The minimum absolute atomic E-state index is 0.218. The van der Waals surface area contributed by atoms with Gasteiger partial charge in [0.2, 0.25) is 0 Å². The number of anilines is 1. The van der Waals surface area contributed by atoms with Crippen molar-refractivity contribution in [3.8, 4) is 0 Å². The van der Waals surface area contributed by atoms with Crippen LogP contribution in [0.5, 0.6) is 0 Å². The van der Waals surface area contributed by atoms with Gasteiger partial charge < -0.3 is 10.6 Å². The largest absolute Gasteiger partial charge is 0.370 e. The van der Waals surface area contributed by atoms with Crippen molar-refractivity contribution in [2.75, 3.05) is 11.9 Å². The van der Waals surface area contributed by atoms with Gasteiger partial charge in [-0.2, -0.15) is 0 Å². The van der Waals surface area contributed by atoms with Gasteiger partial charge in [-0.3, -0.25) is 4.79 Å². The number of carbonyl (C=O) groups is 1. The monoisotopic (exact) mass is 296 g/mol. The Balaban J connectivity index is 2.07. The van der Waals surface area contributed by atoms with E-state index in [1.165, 1.54) is 11.3 Å². The molecule has 7 heteroatoms. The number of hydrogen-bond donors (Lipinski definition) is 2. The quantitative estimate of drug-likeness (QED) is 0.890. The predicted octanol–water partition coefficient (Wildman–Crippen LogP) is 2.55. The second-order valence-corrected chi connectivity index (χ2v) is 4.85. The molecule has 0 bridgehead atoms. The Bertz CT molecular complexity index is 559. The zero-order valence-electron chi connectivity index (χ0n) is 10.3. The highest BCUT2D eigenvalue weighted by Crippen LogP contribution is 2.16. The fourth-order valence-electron chi connectivity index (χ4n) is 1.46. The second-order valence-electron chi connectivity index (χ2n) is 3.72. The number of aromatic nitrogens is 2. The van der Waals surface area contributed by atoms with Crippen LogP contribution < -0.4 is 10.6 Å². The van der Waals surface area contributed by atoms with E-state index < -0.39 is 0 Å². The van der Waals surface area contributed by atoms with Crippen LogP contribution in [-0.4, -0.2) is 22.4 Å². The summed E-state index contributed by atoms with van der Waals surface area (Å²) in [6.45, 7) is 3.05. The van der Waals surface area contributed by atoms with Gasteiger partial charge in [0.15, 0.2) is 0 Å². The number of carbonyl (C=O) groups excluding carboxylic acids is 1. The maximum Gasteiger partial charge on any atom is 0.271 e. The average molecular weight is 297 g/mol. The van der Waals surface area contributed by atoms with Crippen molar-refractivity contribution in [2.24, 2.45) is 0 Å². The molecular weight excluding hydrogens is 284 g/mol. The number of nitrogens with one attached hydrogen (secondary N) is 2. The zero-order chi connectivity index (χ0) is 13.7. The second kappa shape index (κ2) is 6.49. The Labute approximate surface area is 120 Å². The van der Waals surface area contributed by atoms with Crippen LogP contribution in [0.2, 0.25) is 5.02 Å². The summed E-state index contributed by atoms with van der Waals surface area (Å²) in [7, 11) is 0. The highest BCUT2D eigenvalue weighted by Gasteiger charge is 2.13. The number of rotatable bonds is 5. The Kier molecular flexibility index (Phi) is 4.70. The van der Waals surface area contributed by atoms with Gasteiger partial charge in [-0.1, -0.05) is 11.6 Å². The minimum atomic E-state index is -0.308. The fraction of sp³-hybridized carbons (Fsp3) is 0.250. The molecule has 100 valence electrons. The minimum Gasteiger partial charge on any atom is -0.370 e. The molecule has 2 aromatic rings. The predicted molar refractivity (Wildman–Crippen MR) is 76.7 cm³/mol. The summed E-state index contributed by atoms with van der Waals surface area (Å²) in [6.07, 6.45) is 0. The number of hydrogen-bond acceptors (Lipinski definition) is 5. The van der Waals surface area contributed by atoms with Crippen LogP contribution in [0, 0.1) is 0 Å². The molecule has 0 aliphatic heterocycles. The molecule has 2 N–H and O–H groups in total. The molecule has 0 unspecified atom stereocenters. The van der Waals surface area contributed by atoms with E-state index in [0.717, 1.165) is 12.2 Å². The van der Waals surface area contributed by atoms with Gasteiger partial charge in [0, 0.05) is 11.9 Å². The molecule has 0 spiro atoms. The summed E-state index contributed by atoms with van der Waals surface area (Å²) in [6, 6.07) is 3.40. The van der Waals surface area contributed by atoms with E-state index in [2.05, 4.69) is 20.6 Å². The number of thiazole rings is 1. The van der Waals surface area contributed by atoms with Crippen LogP contribution in [-0.2, 0) is 6.54 Å². The van der Waals surface area contributed by atoms with E-state index in [9.17, 15) is 4.79 Å². The van der Waals surface area contributed by atoms with E-state index >= 15 is 0 Å². The van der Waals surface area contributed by atoms with Crippen molar-refractivity contribution in [3.05, 3.63) is 39.4 Å². The highest BCUT2D eigenvalue weighted by molar-refractivity contribution is 7.07. The third kappa shape index (κ3) is 3.65. The third-order valence-corrected chi connectivity index (χ3v) is 3.27. The molecule has 2 aromatic heterocycles. The van der Waals surface area contributed by atoms with Crippen molar-refractivity contribution in [1.82, 2.24) is 15.3 Å². The smallest absolute Gasteiger partial charge is 0.271 e. The van der Waals surface area contributed by atoms with Gasteiger partial charge in [-0.25, -0.2) is 9.97 Å². The number of amides is 1. The number of halogens is 1. The van der Waals surface area contributed by atoms with Crippen molar-refractivity contribution < 1.29 is 4.79 Å². The average Bonchev–Trinajstić information content (AvgIpc) is 2.92. The molecule has 5 nitrogen and oxygen atoms in total. The van der Waals surface area contributed by atoms with Crippen LogP contribution >= 0.6 is 22.9 Å². The van der Waals surface area contributed by atoms with Gasteiger partial charge in [0.25, 0.3) is 5.91 Å². The van der Waals surface area contributed by atoms with E-state index in [1.807, 2.05) is 12.3 Å². The first-order valence-corrected chi connectivity index (χ1v) is 7.08. The molecule has 0 fully saturated rings. The molecule has 1 amide bonds. The first-order valence-electron chi connectivity index (χ1n) is 5.76. The zero-order valence-corrected chi connectivity index (χ0v) is 11.9. The van der Waals surface area contributed by atoms with E-state index in [-0.39, 0.29) is 11.6 Å². The molecule has 0 radical (unpaired) electrons. The Morgan fingerprint density at radius 3 is 3.00 bits per heavy atom. The van der Waals surface area contributed by atoms with Crippen LogP contribution in [0.3, 0.4) is 0 Å². The summed E-state index contributed by atoms with van der Waals surface area (Å²) < 4.78 is 0.